The van der Waals surface area contributed by atoms with Crippen molar-refractivity contribution in [3.63, 3.8) is 0 Å². The van der Waals surface area contributed by atoms with Crippen LogP contribution in [0.3, 0.4) is 0 Å². The van der Waals surface area contributed by atoms with Crippen LogP contribution in [0.2, 0.25) is 0 Å². The molecule has 1 saturated heterocycles. The van der Waals surface area contributed by atoms with Crippen LogP contribution in [0.4, 0.5) is 5.69 Å². The predicted octanol–water partition coefficient (Wildman–Crippen LogP) is 1.89. The topological polar surface area (TPSA) is 49.4 Å². The first-order valence-corrected chi connectivity index (χ1v) is 6.32. The van der Waals surface area contributed by atoms with E-state index in [2.05, 4.69) is 11.9 Å². The molecule has 1 atom stereocenters. The van der Waals surface area contributed by atoms with Gasteiger partial charge in [-0.2, -0.15) is 0 Å². The summed E-state index contributed by atoms with van der Waals surface area (Å²) < 4.78 is 0. The summed E-state index contributed by atoms with van der Waals surface area (Å²) in [6.07, 6.45) is 2.34. The smallest absolute Gasteiger partial charge is 0.251 e. The summed E-state index contributed by atoms with van der Waals surface area (Å²) in [6, 6.07) is 5.39. The van der Waals surface area contributed by atoms with Gasteiger partial charge in [0, 0.05) is 37.2 Å². The Morgan fingerprint density at radius 1 is 1.53 bits per heavy atom. The molecule has 1 fully saturated rings. The maximum atomic E-state index is 12.0. The molecular formula is C15H18N2O2. The van der Waals surface area contributed by atoms with Crippen molar-refractivity contribution in [3.05, 3.63) is 42.0 Å². The molecule has 0 radical (unpaired) electrons. The highest BCUT2D eigenvalue weighted by Crippen LogP contribution is 2.28. The molecule has 1 N–H and O–H groups in total. The van der Waals surface area contributed by atoms with E-state index in [0.29, 0.717) is 18.5 Å². The van der Waals surface area contributed by atoms with Gasteiger partial charge < -0.3 is 10.2 Å². The summed E-state index contributed by atoms with van der Waals surface area (Å²) in [7, 11) is 1.60. The van der Waals surface area contributed by atoms with E-state index in [1.165, 1.54) is 0 Å². The van der Waals surface area contributed by atoms with Crippen LogP contribution in [0, 0.1) is 12.8 Å². The number of hydrogen-bond donors (Lipinski definition) is 1. The van der Waals surface area contributed by atoms with E-state index in [4.69, 9.17) is 0 Å². The van der Waals surface area contributed by atoms with Crippen LogP contribution in [-0.4, -0.2) is 25.4 Å². The molecule has 0 aliphatic carbocycles. The Hall–Kier alpha value is -2.10. The van der Waals surface area contributed by atoms with Gasteiger partial charge in [-0.15, -0.1) is 6.58 Å². The molecule has 2 rings (SSSR count). The Kier molecular flexibility index (Phi) is 3.69. The van der Waals surface area contributed by atoms with Crippen molar-refractivity contribution in [1.29, 1.82) is 0 Å². The zero-order chi connectivity index (χ0) is 14.0. The van der Waals surface area contributed by atoms with E-state index in [0.717, 1.165) is 11.3 Å². The van der Waals surface area contributed by atoms with Gasteiger partial charge in [0.05, 0.1) is 0 Å². The minimum Gasteiger partial charge on any atom is -0.355 e. The Bertz CT molecular complexity index is 537. The lowest BCUT2D eigenvalue weighted by Gasteiger charge is -2.19. The van der Waals surface area contributed by atoms with E-state index >= 15 is 0 Å². The lowest BCUT2D eigenvalue weighted by molar-refractivity contribution is -0.117. The molecule has 1 heterocycles. The molecule has 0 bridgehead atoms. The minimum atomic E-state index is -0.119. The van der Waals surface area contributed by atoms with E-state index in [9.17, 15) is 9.59 Å². The van der Waals surface area contributed by atoms with Gasteiger partial charge in [0.1, 0.15) is 0 Å². The molecular weight excluding hydrogens is 240 g/mol. The first-order chi connectivity index (χ1) is 9.06. The van der Waals surface area contributed by atoms with Crippen molar-refractivity contribution in [2.75, 3.05) is 18.5 Å². The van der Waals surface area contributed by atoms with E-state index < -0.39 is 0 Å². The molecule has 0 aromatic heterocycles. The van der Waals surface area contributed by atoms with E-state index in [-0.39, 0.29) is 17.7 Å². The number of hydrogen-bond acceptors (Lipinski definition) is 2. The van der Waals surface area contributed by atoms with Crippen LogP contribution in [-0.2, 0) is 4.79 Å². The lowest BCUT2D eigenvalue weighted by Crippen LogP contribution is -2.25. The second-order valence-electron chi connectivity index (χ2n) is 4.78. The van der Waals surface area contributed by atoms with Crippen molar-refractivity contribution in [1.82, 2.24) is 5.32 Å². The summed E-state index contributed by atoms with van der Waals surface area (Å²) in [5.74, 6) is 0.206. The van der Waals surface area contributed by atoms with Crippen molar-refractivity contribution in [2.45, 2.75) is 13.3 Å². The average Bonchev–Trinajstić information content (AvgIpc) is 2.79. The van der Waals surface area contributed by atoms with Crippen LogP contribution in [0.5, 0.6) is 0 Å². The molecule has 4 heteroatoms. The van der Waals surface area contributed by atoms with E-state index in [1.54, 1.807) is 18.0 Å². The molecule has 1 aromatic rings. The highest BCUT2D eigenvalue weighted by Gasteiger charge is 2.29. The molecule has 100 valence electrons. The van der Waals surface area contributed by atoms with Crippen LogP contribution in [0.15, 0.2) is 30.9 Å². The highest BCUT2D eigenvalue weighted by molar-refractivity contribution is 5.98. The molecule has 1 aliphatic heterocycles. The van der Waals surface area contributed by atoms with Crippen molar-refractivity contribution >= 4 is 17.5 Å². The van der Waals surface area contributed by atoms with Gasteiger partial charge >= 0.3 is 0 Å². The normalized spacial score (nSPS) is 18.5. The Labute approximate surface area is 113 Å². The second-order valence-corrected chi connectivity index (χ2v) is 4.78. The first kappa shape index (κ1) is 13.3. The molecule has 0 spiro atoms. The molecule has 19 heavy (non-hydrogen) atoms. The molecule has 1 aromatic carbocycles. The number of amides is 2. The Balaban J connectivity index is 2.29. The summed E-state index contributed by atoms with van der Waals surface area (Å²) in [4.78, 5) is 25.3. The number of carbonyl (C=O) groups excluding carboxylic acids is 2. The largest absolute Gasteiger partial charge is 0.355 e. The third-order valence-electron chi connectivity index (χ3n) is 3.47. The first-order valence-electron chi connectivity index (χ1n) is 6.32. The number of benzene rings is 1. The Morgan fingerprint density at radius 2 is 2.26 bits per heavy atom. The van der Waals surface area contributed by atoms with Crippen LogP contribution >= 0.6 is 0 Å². The monoisotopic (exact) mass is 258 g/mol. The SMILES string of the molecule is C=CC1CC(=O)N(c2ccc(C(=O)NC)cc2C)C1. The van der Waals surface area contributed by atoms with Gasteiger partial charge in [0.2, 0.25) is 5.91 Å². The molecule has 0 saturated carbocycles. The number of nitrogens with one attached hydrogen (secondary N) is 1. The molecule has 1 unspecified atom stereocenters. The third-order valence-corrected chi connectivity index (χ3v) is 3.47. The predicted molar refractivity (Wildman–Crippen MR) is 75.2 cm³/mol. The second kappa shape index (κ2) is 5.26. The number of rotatable bonds is 3. The Morgan fingerprint density at radius 3 is 2.79 bits per heavy atom. The average molecular weight is 258 g/mol. The van der Waals surface area contributed by atoms with Gasteiger partial charge in [-0.3, -0.25) is 9.59 Å². The number of carbonyl (C=O) groups is 2. The standard InChI is InChI=1S/C15H18N2O2/c1-4-11-8-14(18)17(9-11)13-6-5-12(7-10(13)2)15(19)16-3/h4-7,11H,1,8-9H2,2-3H3,(H,16,19). The van der Waals surface area contributed by atoms with Crippen molar-refractivity contribution < 1.29 is 9.59 Å². The minimum absolute atomic E-state index is 0.112. The van der Waals surface area contributed by atoms with Crippen LogP contribution in [0.25, 0.3) is 0 Å². The van der Waals surface area contributed by atoms with Gasteiger partial charge in [-0.25, -0.2) is 0 Å². The van der Waals surface area contributed by atoms with Crippen LogP contribution in [0.1, 0.15) is 22.3 Å². The fourth-order valence-electron chi connectivity index (χ4n) is 2.37. The fraction of sp³-hybridized carbons (Fsp3) is 0.333. The van der Waals surface area contributed by atoms with E-state index in [1.807, 2.05) is 25.1 Å². The lowest BCUT2D eigenvalue weighted by atomic mass is 10.1. The number of anilines is 1. The van der Waals surface area contributed by atoms with Gasteiger partial charge in [0.15, 0.2) is 0 Å². The summed E-state index contributed by atoms with van der Waals surface area (Å²) in [5.41, 5.74) is 2.41. The third kappa shape index (κ3) is 2.52. The maximum absolute atomic E-state index is 12.0. The molecule has 4 nitrogen and oxygen atoms in total. The quantitative estimate of drug-likeness (QED) is 0.842. The summed E-state index contributed by atoms with van der Waals surface area (Å²) >= 11 is 0. The van der Waals surface area contributed by atoms with Gasteiger partial charge in [0.25, 0.3) is 5.91 Å². The molecule has 1 aliphatic rings. The number of nitrogens with zero attached hydrogens (tertiary/aromatic N) is 1. The highest BCUT2D eigenvalue weighted by atomic mass is 16.2. The van der Waals surface area contributed by atoms with Crippen molar-refractivity contribution in [3.8, 4) is 0 Å². The van der Waals surface area contributed by atoms with Gasteiger partial charge in [-0.1, -0.05) is 6.08 Å². The molecule has 2 amide bonds. The fourth-order valence-corrected chi connectivity index (χ4v) is 2.37. The number of aryl methyl sites for hydroxylation is 1. The zero-order valence-electron chi connectivity index (χ0n) is 11.3. The maximum Gasteiger partial charge on any atom is 0.251 e. The van der Waals surface area contributed by atoms with Crippen molar-refractivity contribution in [2.24, 2.45) is 5.92 Å². The van der Waals surface area contributed by atoms with Gasteiger partial charge in [-0.05, 0) is 30.7 Å². The van der Waals surface area contributed by atoms with Crippen LogP contribution < -0.4 is 10.2 Å². The zero-order valence-corrected chi connectivity index (χ0v) is 11.3. The summed E-state index contributed by atoms with van der Waals surface area (Å²) in [6.45, 7) is 6.33. The summed E-state index contributed by atoms with van der Waals surface area (Å²) in [5, 5.41) is 2.59.